The van der Waals surface area contributed by atoms with Crippen LogP contribution in [-0.2, 0) is 20.3 Å². The van der Waals surface area contributed by atoms with E-state index in [0.29, 0.717) is 17.0 Å². The van der Waals surface area contributed by atoms with Gasteiger partial charge in [-0.25, -0.2) is 8.42 Å². The van der Waals surface area contributed by atoms with Crippen molar-refractivity contribution in [3.63, 3.8) is 0 Å². The zero-order chi connectivity index (χ0) is 18.6. The molecule has 3 aliphatic rings. The molecule has 2 fully saturated rings. The maximum absolute atomic E-state index is 13.0. The molecule has 2 saturated heterocycles. The highest BCUT2D eigenvalue weighted by molar-refractivity contribution is 7.90. The zero-order valence-electron chi connectivity index (χ0n) is 15.5. The Labute approximate surface area is 161 Å². The number of fused-ring (bicyclic) bond motifs is 4. The smallest absolute Gasteiger partial charge is 0.182 e. The fourth-order valence-electron chi connectivity index (χ4n) is 5.16. The predicted octanol–water partition coefficient (Wildman–Crippen LogP) is 3.71. The van der Waals surface area contributed by atoms with Crippen LogP contribution < -0.4 is 0 Å². The van der Waals surface area contributed by atoms with Gasteiger partial charge >= 0.3 is 0 Å². The molecule has 2 aromatic carbocycles. The van der Waals surface area contributed by atoms with Gasteiger partial charge in [0.2, 0.25) is 0 Å². The molecule has 2 bridgehead atoms. The molecular formula is C22H25NO3S. The van der Waals surface area contributed by atoms with Crippen LogP contribution in [-0.4, -0.2) is 38.6 Å². The third-order valence-corrected chi connectivity index (χ3v) is 8.34. The van der Waals surface area contributed by atoms with Gasteiger partial charge in [0.1, 0.15) is 6.10 Å². The molecule has 0 aliphatic carbocycles. The van der Waals surface area contributed by atoms with E-state index in [2.05, 4.69) is 11.9 Å². The first kappa shape index (κ1) is 17.4. The molecule has 0 N–H and O–H groups in total. The van der Waals surface area contributed by atoms with E-state index in [9.17, 15) is 8.42 Å². The normalized spacial score (nSPS) is 31.7. The van der Waals surface area contributed by atoms with Gasteiger partial charge in [-0.2, -0.15) is 0 Å². The summed E-state index contributed by atoms with van der Waals surface area (Å²) in [5, 5.41) is 0. The van der Waals surface area contributed by atoms with Gasteiger partial charge in [-0.05, 0) is 49.9 Å². The molecule has 5 heteroatoms. The van der Waals surface area contributed by atoms with Crippen molar-refractivity contribution in [3.05, 3.63) is 65.2 Å². The summed E-state index contributed by atoms with van der Waals surface area (Å²) in [7, 11) is -1.15. The van der Waals surface area contributed by atoms with Crippen molar-refractivity contribution in [2.75, 3.05) is 7.05 Å². The highest BCUT2D eigenvalue weighted by Gasteiger charge is 2.41. The second-order valence-corrected chi connectivity index (χ2v) is 10.1. The van der Waals surface area contributed by atoms with E-state index in [0.717, 1.165) is 29.5 Å². The Kier molecular flexibility index (Phi) is 4.15. The highest BCUT2D eigenvalue weighted by Crippen LogP contribution is 2.42. The van der Waals surface area contributed by atoms with Gasteiger partial charge in [-0.1, -0.05) is 42.5 Å². The summed E-state index contributed by atoms with van der Waals surface area (Å²) < 4.78 is 32.7. The number of hydrogen-bond acceptors (Lipinski definition) is 4. The van der Waals surface area contributed by atoms with Crippen molar-refractivity contribution in [2.24, 2.45) is 0 Å². The molecule has 3 heterocycles. The summed E-state index contributed by atoms with van der Waals surface area (Å²) in [6, 6.07) is 16.4. The topological polar surface area (TPSA) is 46.6 Å². The lowest BCUT2D eigenvalue weighted by atomic mass is 9.95. The van der Waals surface area contributed by atoms with Crippen molar-refractivity contribution in [1.82, 2.24) is 4.90 Å². The van der Waals surface area contributed by atoms with Crippen LogP contribution in [0.1, 0.15) is 48.5 Å². The Morgan fingerprint density at radius 2 is 1.56 bits per heavy atom. The van der Waals surface area contributed by atoms with Crippen LogP contribution >= 0.6 is 0 Å². The SMILES string of the molecule is CN1[C@@H]2CC[C@H]1CC(OC1c3ccccc3CS(=O)(=O)c3ccccc31)C2. The lowest BCUT2D eigenvalue weighted by Gasteiger charge is -2.38. The Bertz CT molecular complexity index is 957. The second-order valence-electron chi connectivity index (χ2n) is 8.16. The largest absolute Gasteiger partial charge is 0.365 e. The van der Waals surface area contributed by atoms with Gasteiger partial charge in [0.15, 0.2) is 9.84 Å². The average Bonchev–Trinajstić information content (AvgIpc) is 2.84. The lowest BCUT2D eigenvalue weighted by molar-refractivity contribution is -0.0435. The minimum absolute atomic E-state index is 0.0404. The monoisotopic (exact) mass is 383 g/mol. The number of rotatable bonds is 2. The molecule has 2 unspecified atom stereocenters. The minimum Gasteiger partial charge on any atom is -0.365 e. The van der Waals surface area contributed by atoms with Gasteiger partial charge in [0, 0.05) is 17.6 Å². The van der Waals surface area contributed by atoms with Crippen molar-refractivity contribution in [1.29, 1.82) is 0 Å². The Morgan fingerprint density at radius 3 is 2.30 bits per heavy atom. The summed E-state index contributed by atoms with van der Waals surface area (Å²) >= 11 is 0. The Morgan fingerprint density at radius 1 is 0.926 bits per heavy atom. The lowest BCUT2D eigenvalue weighted by Crippen LogP contribution is -2.43. The van der Waals surface area contributed by atoms with Crippen molar-refractivity contribution in [2.45, 2.75) is 60.6 Å². The summed E-state index contributed by atoms with van der Waals surface area (Å²) in [6.45, 7) is 0. The molecule has 142 valence electrons. The fraction of sp³-hybridized carbons (Fsp3) is 0.455. The summed E-state index contributed by atoms with van der Waals surface area (Å²) in [4.78, 5) is 2.92. The van der Waals surface area contributed by atoms with Crippen LogP contribution in [0, 0.1) is 0 Å². The molecule has 0 radical (unpaired) electrons. The molecule has 0 amide bonds. The van der Waals surface area contributed by atoms with Crippen molar-refractivity contribution in [3.8, 4) is 0 Å². The van der Waals surface area contributed by atoms with E-state index in [1.807, 2.05) is 36.4 Å². The summed E-state index contributed by atoms with van der Waals surface area (Å²) in [6.07, 6.45) is 4.40. The van der Waals surface area contributed by atoms with E-state index < -0.39 is 9.84 Å². The van der Waals surface area contributed by atoms with Crippen LogP contribution in [0.2, 0.25) is 0 Å². The summed E-state index contributed by atoms with van der Waals surface area (Å²) in [5.74, 6) is 0.0404. The van der Waals surface area contributed by atoms with Crippen LogP contribution in [0.25, 0.3) is 0 Å². The third kappa shape index (κ3) is 2.93. The zero-order valence-corrected chi connectivity index (χ0v) is 16.4. The molecular weight excluding hydrogens is 358 g/mol. The van der Waals surface area contributed by atoms with Gasteiger partial charge < -0.3 is 9.64 Å². The molecule has 0 spiro atoms. The summed E-state index contributed by atoms with van der Waals surface area (Å²) in [5.41, 5.74) is 2.64. The molecule has 4 nitrogen and oxygen atoms in total. The molecule has 3 aliphatic heterocycles. The Balaban J connectivity index is 1.57. The van der Waals surface area contributed by atoms with Gasteiger partial charge in [-0.15, -0.1) is 0 Å². The van der Waals surface area contributed by atoms with Crippen LogP contribution in [0.5, 0.6) is 0 Å². The molecule has 5 rings (SSSR count). The van der Waals surface area contributed by atoms with Crippen molar-refractivity contribution >= 4 is 9.84 Å². The number of benzene rings is 2. The first-order chi connectivity index (χ1) is 13.0. The highest BCUT2D eigenvalue weighted by atomic mass is 32.2. The van der Waals surface area contributed by atoms with E-state index >= 15 is 0 Å². The molecule has 4 atom stereocenters. The van der Waals surface area contributed by atoms with Gasteiger partial charge in [0.05, 0.1) is 16.8 Å². The molecule has 0 saturated carbocycles. The number of sulfone groups is 1. The Hall–Kier alpha value is -1.69. The van der Waals surface area contributed by atoms with Gasteiger partial charge in [-0.3, -0.25) is 0 Å². The molecule has 2 aromatic rings. The average molecular weight is 384 g/mol. The maximum Gasteiger partial charge on any atom is 0.182 e. The second kappa shape index (κ2) is 6.43. The predicted molar refractivity (Wildman–Crippen MR) is 104 cm³/mol. The molecule has 27 heavy (non-hydrogen) atoms. The van der Waals surface area contributed by atoms with Crippen LogP contribution in [0.15, 0.2) is 53.4 Å². The standard InChI is InChI=1S/C22H25NO3S/c1-23-16-10-11-17(23)13-18(12-16)26-22-19-7-3-2-6-15(19)14-27(24,25)21-9-5-4-8-20(21)22/h2-9,16-18,22H,10-14H2,1H3/t16-,17+,18?,22?. The van der Waals surface area contributed by atoms with E-state index in [1.165, 1.54) is 12.8 Å². The number of ether oxygens (including phenoxy) is 1. The molecule has 0 aromatic heterocycles. The van der Waals surface area contributed by atoms with Crippen LogP contribution in [0.3, 0.4) is 0 Å². The number of piperidine rings is 1. The first-order valence-electron chi connectivity index (χ1n) is 9.80. The van der Waals surface area contributed by atoms with Crippen LogP contribution in [0.4, 0.5) is 0 Å². The van der Waals surface area contributed by atoms with E-state index in [-0.39, 0.29) is 18.0 Å². The first-order valence-corrected chi connectivity index (χ1v) is 11.4. The maximum atomic E-state index is 13.0. The quantitative estimate of drug-likeness (QED) is 0.793. The van der Waals surface area contributed by atoms with Gasteiger partial charge in [0.25, 0.3) is 0 Å². The number of nitrogens with zero attached hydrogens (tertiary/aromatic N) is 1. The van der Waals surface area contributed by atoms with E-state index in [1.54, 1.807) is 12.1 Å². The fourth-order valence-corrected chi connectivity index (χ4v) is 6.81. The third-order valence-electron chi connectivity index (χ3n) is 6.60. The van der Waals surface area contributed by atoms with Crippen molar-refractivity contribution < 1.29 is 13.2 Å². The number of hydrogen-bond donors (Lipinski definition) is 0. The minimum atomic E-state index is -3.37. The van der Waals surface area contributed by atoms with E-state index in [4.69, 9.17) is 4.74 Å².